The Bertz CT molecular complexity index is 604. The molecular weight excluding hydrogens is 338 g/mol. The minimum atomic E-state index is -0.630. The first-order valence-corrected chi connectivity index (χ1v) is 9.99. The average molecular weight is 366 g/mol. The number of nitrogens with one attached hydrogen (secondary N) is 1. The number of amides is 1. The fourth-order valence-electron chi connectivity index (χ4n) is 6.89. The van der Waals surface area contributed by atoms with Gasteiger partial charge in [0.25, 0.3) is 0 Å². The Morgan fingerprint density at radius 3 is 2.44 bits per heavy atom. The van der Waals surface area contributed by atoms with Crippen LogP contribution < -0.4 is 4.84 Å². The molecule has 5 aliphatic rings. The fraction of sp³-hybridized carbons (Fsp3) is 0.895. The van der Waals surface area contributed by atoms with Crippen LogP contribution in [0.4, 0.5) is 0 Å². The van der Waals surface area contributed by atoms with Crippen LogP contribution in [0.2, 0.25) is 0 Å². The van der Waals surface area contributed by atoms with Crippen LogP contribution in [-0.4, -0.2) is 39.6 Å². The molecule has 4 saturated carbocycles. The molecular formula is C19H28ClN3O2. The Hall–Kier alpha value is -0.830. The fourth-order valence-corrected chi connectivity index (χ4v) is 7.21. The van der Waals surface area contributed by atoms with Gasteiger partial charge in [0.05, 0.1) is 11.7 Å². The molecule has 1 saturated heterocycles. The summed E-state index contributed by atoms with van der Waals surface area (Å²) in [6, 6.07) is 1.45. The van der Waals surface area contributed by atoms with Gasteiger partial charge in [0, 0.05) is 6.04 Å². The highest BCUT2D eigenvalue weighted by molar-refractivity contribution is 6.15. The average Bonchev–Trinajstić information content (AvgIpc) is 2.80. The number of halogens is 1. The number of aliphatic hydroxyl groups is 1. The van der Waals surface area contributed by atoms with E-state index in [1.165, 1.54) is 6.42 Å². The zero-order valence-electron chi connectivity index (χ0n) is 15.0. The molecule has 5 nitrogen and oxygen atoms in total. The van der Waals surface area contributed by atoms with E-state index in [9.17, 15) is 15.2 Å². The summed E-state index contributed by atoms with van der Waals surface area (Å²) in [5.41, 5.74) is -0.905. The van der Waals surface area contributed by atoms with Gasteiger partial charge >= 0.3 is 0 Å². The minimum Gasteiger partial charge on any atom is -0.390 e. The number of hydrogen-bond acceptors (Lipinski definition) is 4. The number of carbonyl (C=O) groups excluding carboxylic acids is 1. The molecule has 0 aromatic rings. The third kappa shape index (κ3) is 2.60. The molecule has 0 aromatic carbocycles. The van der Waals surface area contributed by atoms with E-state index in [4.69, 9.17) is 11.8 Å². The standard InChI is InChI=1S/C19H28ClN3O2/c1-11-3-15(9-21)23(12(11)2)17(24)16(22-20)18-5-13-4-14(6-18)8-19(25,7-13)10-18/h11-16,22,25H,3-8,10H2,1-2H3/t11?,12-,13?,14?,15?,16?,18?,19?/m0/s1. The summed E-state index contributed by atoms with van der Waals surface area (Å²) < 4.78 is 0. The van der Waals surface area contributed by atoms with Crippen LogP contribution in [0.25, 0.3) is 0 Å². The van der Waals surface area contributed by atoms with Gasteiger partial charge < -0.3 is 10.0 Å². The van der Waals surface area contributed by atoms with Crippen LogP contribution in [0.1, 0.15) is 58.8 Å². The zero-order chi connectivity index (χ0) is 18.0. The quantitative estimate of drug-likeness (QED) is 0.753. The van der Waals surface area contributed by atoms with Gasteiger partial charge in [-0.1, -0.05) is 6.92 Å². The van der Waals surface area contributed by atoms with Crippen molar-refractivity contribution in [2.45, 2.75) is 82.5 Å². The minimum absolute atomic E-state index is 0.0432. The lowest BCUT2D eigenvalue weighted by Crippen LogP contribution is -2.65. The van der Waals surface area contributed by atoms with Gasteiger partial charge in [-0.2, -0.15) is 5.26 Å². The topological polar surface area (TPSA) is 76.4 Å². The van der Waals surface area contributed by atoms with Crippen molar-refractivity contribution in [1.29, 1.82) is 5.26 Å². The molecule has 6 heteroatoms. The summed E-state index contributed by atoms with van der Waals surface area (Å²) in [6.45, 7) is 4.12. The van der Waals surface area contributed by atoms with Gasteiger partial charge in [0.2, 0.25) is 5.91 Å². The molecule has 0 radical (unpaired) electrons. The highest BCUT2D eigenvalue weighted by Gasteiger charge is 2.62. The third-order valence-corrected chi connectivity index (χ3v) is 7.86. The molecule has 5 rings (SSSR count). The maximum atomic E-state index is 13.5. The van der Waals surface area contributed by atoms with Gasteiger partial charge in [0.15, 0.2) is 0 Å². The molecule has 5 fully saturated rings. The van der Waals surface area contributed by atoms with Crippen LogP contribution in [0, 0.1) is 34.5 Å². The van der Waals surface area contributed by atoms with E-state index in [-0.39, 0.29) is 23.4 Å². The smallest absolute Gasteiger partial charge is 0.242 e. The Kier molecular flexibility index (Phi) is 4.10. The monoisotopic (exact) mass is 365 g/mol. The number of likely N-dealkylation sites (tertiary alicyclic amines) is 1. The SMILES string of the molecule is CC1CC(C#N)N(C(=O)C(NCl)C23CC4CC(CC(O)(C4)C2)C3)[C@H]1C. The van der Waals surface area contributed by atoms with Crippen molar-refractivity contribution >= 4 is 17.7 Å². The largest absolute Gasteiger partial charge is 0.390 e. The van der Waals surface area contributed by atoms with Crippen molar-refractivity contribution < 1.29 is 9.90 Å². The predicted molar refractivity (Wildman–Crippen MR) is 94.3 cm³/mol. The maximum absolute atomic E-state index is 13.5. The number of carbonyl (C=O) groups is 1. The Morgan fingerprint density at radius 1 is 1.28 bits per heavy atom. The summed E-state index contributed by atoms with van der Waals surface area (Å²) in [6.07, 6.45) is 6.19. The Labute approximate surface area is 154 Å². The van der Waals surface area contributed by atoms with E-state index in [1.54, 1.807) is 4.90 Å². The molecule has 25 heavy (non-hydrogen) atoms. The molecule has 4 bridgehead atoms. The maximum Gasteiger partial charge on any atom is 0.242 e. The van der Waals surface area contributed by atoms with Gasteiger partial charge in [-0.05, 0) is 86.8 Å². The Morgan fingerprint density at radius 2 is 1.92 bits per heavy atom. The van der Waals surface area contributed by atoms with Crippen molar-refractivity contribution in [2.75, 3.05) is 0 Å². The lowest BCUT2D eigenvalue weighted by Gasteiger charge is -2.62. The van der Waals surface area contributed by atoms with E-state index in [0.717, 1.165) is 32.1 Å². The second-order valence-corrected chi connectivity index (χ2v) is 9.65. The zero-order valence-corrected chi connectivity index (χ0v) is 15.8. The normalized spacial score (nSPS) is 49.2. The summed E-state index contributed by atoms with van der Waals surface area (Å²) in [5, 5.41) is 20.5. The lowest BCUT2D eigenvalue weighted by molar-refractivity contribution is -0.179. The molecule has 2 N–H and O–H groups in total. The number of nitriles is 1. The highest BCUT2D eigenvalue weighted by atomic mass is 35.5. The van der Waals surface area contributed by atoms with Crippen LogP contribution in [0.5, 0.6) is 0 Å². The van der Waals surface area contributed by atoms with Crippen molar-refractivity contribution in [2.24, 2.45) is 23.2 Å². The number of rotatable bonds is 3. The Balaban J connectivity index is 1.64. The summed E-state index contributed by atoms with van der Waals surface area (Å²) in [5.74, 6) is 1.25. The van der Waals surface area contributed by atoms with Crippen molar-refractivity contribution in [3.63, 3.8) is 0 Å². The van der Waals surface area contributed by atoms with Crippen LogP contribution in [-0.2, 0) is 4.79 Å². The molecule has 4 aliphatic carbocycles. The molecule has 5 unspecified atom stereocenters. The molecule has 1 amide bonds. The summed E-state index contributed by atoms with van der Waals surface area (Å²) in [4.78, 5) is 18.0. The third-order valence-electron chi connectivity index (χ3n) is 7.64. The first-order chi connectivity index (χ1) is 11.8. The van der Waals surface area contributed by atoms with Crippen LogP contribution >= 0.6 is 11.8 Å². The van der Waals surface area contributed by atoms with E-state index >= 15 is 0 Å². The van der Waals surface area contributed by atoms with Gasteiger partial charge in [-0.25, -0.2) is 4.84 Å². The summed E-state index contributed by atoms with van der Waals surface area (Å²) >= 11 is 6.14. The molecule has 1 heterocycles. The van der Waals surface area contributed by atoms with Gasteiger partial charge in [0.1, 0.15) is 12.1 Å². The van der Waals surface area contributed by atoms with E-state index in [2.05, 4.69) is 17.8 Å². The molecule has 0 spiro atoms. The van der Waals surface area contributed by atoms with Crippen molar-refractivity contribution in [1.82, 2.24) is 9.74 Å². The highest BCUT2D eigenvalue weighted by Crippen LogP contribution is 2.63. The van der Waals surface area contributed by atoms with Crippen LogP contribution in [0.15, 0.2) is 0 Å². The summed E-state index contributed by atoms with van der Waals surface area (Å²) in [7, 11) is 0. The first-order valence-electron chi connectivity index (χ1n) is 9.61. The number of nitrogens with zero attached hydrogens (tertiary/aromatic N) is 2. The lowest BCUT2D eigenvalue weighted by atomic mass is 9.46. The molecule has 0 aromatic heterocycles. The number of hydrogen-bond donors (Lipinski definition) is 2. The van der Waals surface area contributed by atoms with Crippen molar-refractivity contribution in [3.05, 3.63) is 0 Å². The van der Waals surface area contributed by atoms with Gasteiger partial charge in [-0.15, -0.1) is 0 Å². The van der Waals surface area contributed by atoms with Crippen LogP contribution in [0.3, 0.4) is 0 Å². The predicted octanol–water partition coefficient (Wildman–Crippen LogP) is 2.58. The second kappa shape index (κ2) is 5.84. The van der Waals surface area contributed by atoms with Gasteiger partial charge in [-0.3, -0.25) is 4.79 Å². The first kappa shape index (κ1) is 17.6. The molecule has 1 aliphatic heterocycles. The molecule has 6 atom stereocenters. The second-order valence-electron chi connectivity index (χ2n) is 9.43. The van der Waals surface area contributed by atoms with E-state index < -0.39 is 11.6 Å². The van der Waals surface area contributed by atoms with Crippen molar-refractivity contribution in [3.8, 4) is 6.07 Å². The van der Waals surface area contributed by atoms with E-state index in [1.807, 2.05) is 6.92 Å². The molecule has 138 valence electrons. The van der Waals surface area contributed by atoms with E-state index in [0.29, 0.717) is 24.2 Å².